The second-order valence-corrected chi connectivity index (χ2v) is 5.36. The first-order chi connectivity index (χ1) is 10.6. The fourth-order valence-corrected chi connectivity index (χ4v) is 2.89. The molecule has 22 heavy (non-hydrogen) atoms. The van der Waals surface area contributed by atoms with Gasteiger partial charge in [0.05, 0.1) is 5.92 Å². The Morgan fingerprint density at radius 3 is 2.77 bits per heavy atom. The van der Waals surface area contributed by atoms with Gasteiger partial charge in [0, 0.05) is 32.4 Å². The number of aromatic carboxylic acids is 1. The van der Waals surface area contributed by atoms with Crippen molar-refractivity contribution in [1.29, 1.82) is 0 Å². The molecule has 1 aliphatic rings. The van der Waals surface area contributed by atoms with Gasteiger partial charge in [0.15, 0.2) is 0 Å². The number of hydrogen-bond donors (Lipinski definition) is 1. The maximum Gasteiger partial charge on any atom is 0.341 e. The monoisotopic (exact) mass is 306 g/mol. The molecule has 0 radical (unpaired) electrons. The third kappa shape index (κ3) is 3.35. The van der Waals surface area contributed by atoms with Crippen LogP contribution in [-0.2, 0) is 4.79 Å². The molecule has 0 unspecified atom stereocenters. The summed E-state index contributed by atoms with van der Waals surface area (Å²) in [7, 11) is 0. The van der Waals surface area contributed by atoms with Crippen molar-refractivity contribution in [3.8, 4) is 0 Å². The highest BCUT2D eigenvalue weighted by molar-refractivity contribution is 5.93. The summed E-state index contributed by atoms with van der Waals surface area (Å²) in [6.07, 6.45) is 4.33. The van der Waals surface area contributed by atoms with E-state index in [1.165, 1.54) is 12.5 Å². The maximum absolute atomic E-state index is 12.5. The summed E-state index contributed by atoms with van der Waals surface area (Å²) in [6, 6.07) is 0. The van der Waals surface area contributed by atoms with Crippen molar-refractivity contribution in [2.45, 2.75) is 26.7 Å². The van der Waals surface area contributed by atoms with Crippen LogP contribution in [0.3, 0.4) is 0 Å². The number of amides is 1. The van der Waals surface area contributed by atoms with Crippen molar-refractivity contribution in [3.05, 3.63) is 18.1 Å². The SMILES string of the molecule is CCN(CC)C(=O)[C@H]1CCCN(c2ncncc2C(=O)O)C1. The van der Waals surface area contributed by atoms with E-state index in [1.54, 1.807) is 0 Å². The predicted octanol–water partition coefficient (Wildman–Crippen LogP) is 1.26. The van der Waals surface area contributed by atoms with Gasteiger partial charge < -0.3 is 14.9 Å². The van der Waals surface area contributed by atoms with E-state index in [4.69, 9.17) is 0 Å². The zero-order valence-corrected chi connectivity index (χ0v) is 13.0. The van der Waals surface area contributed by atoms with Gasteiger partial charge in [-0.1, -0.05) is 0 Å². The van der Waals surface area contributed by atoms with Gasteiger partial charge in [0.1, 0.15) is 17.7 Å². The Balaban J connectivity index is 2.18. The standard InChI is InChI=1S/C15H22N4O3/c1-3-18(4-2)14(20)11-6-5-7-19(9-11)13-12(15(21)22)8-16-10-17-13/h8,10-11H,3-7,9H2,1-2H3,(H,21,22)/t11-/m0/s1. The molecule has 1 aromatic rings. The summed E-state index contributed by atoms with van der Waals surface area (Å²) in [4.78, 5) is 35.4. The summed E-state index contributed by atoms with van der Waals surface area (Å²) in [6.45, 7) is 6.54. The van der Waals surface area contributed by atoms with Crippen molar-refractivity contribution < 1.29 is 14.7 Å². The normalized spacial score (nSPS) is 18.1. The van der Waals surface area contributed by atoms with Crippen LogP contribution in [0.1, 0.15) is 37.0 Å². The van der Waals surface area contributed by atoms with Gasteiger partial charge in [-0.15, -0.1) is 0 Å². The van der Waals surface area contributed by atoms with E-state index in [-0.39, 0.29) is 17.4 Å². The second kappa shape index (κ2) is 7.20. The lowest BCUT2D eigenvalue weighted by Gasteiger charge is -2.35. The second-order valence-electron chi connectivity index (χ2n) is 5.36. The summed E-state index contributed by atoms with van der Waals surface area (Å²) in [5.41, 5.74) is 0.0819. The molecule has 0 spiro atoms. The molecule has 0 aliphatic carbocycles. The molecule has 2 heterocycles. The number of carboxylic acids is 1. The highest BCUT2D eigenvalue weighted by Crippen LogP contribution is 2.25. The molecule has 7 nitrogen and oxygen atoms in total. The molecule has 2 rings (SSSR count). The molecule has 0 saturated carbocycles. The lowest BCUT2D eigenvalue weighted by atomic mass is 9.96. The number of aromatic nitrogens is 2. The smallest absolute Gasteiger partial charge is 0.341 e. The Hall–Kier alpha value is -2.18. The molecule has 1 N–H and O–H groups in total. The van der Waals surface area contributed by atoms with Gasteiger partial charge in [0.25, 0.3) is 0 Å². The first-order valence-electron chi connectivity index (χ1n) is 7.65. The largest absolute Gasteiger partial charge is 0.477 e. The molecular formula is C15H22N4O3. The molecule has 1 atom stereocenters. The fourth-order valence-electron chi connectivity index (χ4n) is 2.89. The van der Waals surface area contributed by atoms with Crippen LogP contribution in [0.4, 0.5) is 5.82 Å². The van der Waals surface area contributed by atoms with Crippen LogP contribution in [0.5, 0.6) is 0 Å². The zero-order chi connectivity index (χ0) is 16.1. The van der Waals surface area contributed by atoms with Crippen LogP contribution in [-0.4, -0.2) is 58.0 Å². The number of carboxylic acid groups (broad SMARTS) is 1. The first-order valence-corrected chi connectivity index (χ1v) is 7.65. The average Bonchev–Trinajstić information content (AvgIpc) is 2.56. The predicted molar refractivity (Wildman–Crippen MR) is 81.9 cm³/mol. The molecule has 0 aromatic carbocycles. The molecule has 1 fully saturated rings. The van der Waals surface area contributed by atoms with E-state index in [1.807, 2.05) is 23.6 Å². The van der Waals surface area contributed by atoms with Crippen LogP contribution < -0.4 is 4.90 Å². The average molecular weight is 306 g/mol. The Bertz CT molecular complexity index is 545. The molecule has 1 amide bonds. The Kier molecular flexibility index (Phi) is 5.30. The van der Waals surface area contributed by atoms with Gasteiger partial charge in [-0.25, -0.2) is 14.8 Å². The molecule has 1 saturated heterocycles. The Morgan fingerprint density at radius 2 is 2.14 bits per heavy atom. The van der Waals surface area contributed by atoms with Gasteiger partial charge >= 0.3 is 5.97 Å². The number of piperidine rings is 1. The van der Waals surface area contributed by atoms with Crippen LogP contribution in [0.2, 0.25) is 0 Å². The van der Waals surface area contributed by atoms with Gasteiger partial charge in [-0.05, 0) is 26.7 Å². The lowest BCUT2D eigenvalue weighted by molar-refractivity contribution is -0.135. The number of anilines is 1. The number of carbonyl (C=O) groups is 2. The van der Waals surface area contributed by atoms with Gasteiger partial charge in [0.2, 0.25) is 5.91 Å². The van der Waals surface area contributed by atoms with E-state index in [2.05, 4.69) is 9.97 Å². The number of nitrogens with zero attached hydrogens (tertiary/aromatic N) is 4. The van der Waals surface area contributed by atoms with Crippen LogP contribution >= 0.6 is 0 Å². The Morgan fingerprint density at radius 1 is 1.41 bits per heavy atom. The molecule has 0 bridgehead atoms. The minimum Gasteiger partial charge on any atom is -0.477 e. The third-order valence-electron chi connectivity index (χ3n) is 4.07. The van der Waals surface area contributed by atoms with Crippen LogP contribution in [0.15, 0.2) is 12.5 Å². The van der Waals surface area contributed by atoms with Crippen molar-refractivity contribution in [3.63, 3.8) is 0 Å². The van der Waals surface area contributed by atoms with Crippen LogP contribution in [0, 0.1) is 5.92 Å². The molecular weight excluding hydrogens is 284 g/mol. The van der Waals surface area contributed by atoms with Gasteiger partial charge in [-0.2, -0.15) is 0 Å². The summed E-state index contributed by atoms with van der Waals surface area (Å²) in [5.74, 6) is -0.613. The topological polar surface area (TPSA) is 86.6 Å². The molecule has 1 aromatic heterocycles. The van der Waals surface area contributed by atoms with Crippen LogP contribution in [0.25, 0.3) is 0 Å². The first kappa shape index (κ1) is 16.2. The van der Waals surface area contributed by atoms with E-state index >= 15 is 0 Å². The number of carbonyl (C=O) groups excluding carboxylic acids is 1. The van der Waals surface area contributed by atoms with Gasteiger partial charge in [-0.3, -0.25) is 4.79 Å². The van der Waals surface area contributed by atoms with Crippen molar-refractivity contribution in [1.82, 2.24) is 14.9 Å². The Labute approximate surface area is 130 Å². The number of hydrogen-bond acceptors (Lipinski definition) is 5. The van der Waals surface area contributed by atoms with E-state index in [9.17, 15) is 14.7 Å². The van der Waals surface area contributed by atoms with Crippen molar-refractivity contribution in [2.75, 3.05) is 31.1 Å². The molecule has 7 heteroatoms. The van der Waals surface area contributed by atoms with Crippen molar-refractivity contribution >= 4 is 17.7 Å². The number of rotatable bonds is 5. The zero-order valence-electron chi connectivity index (χ0n) is 13.0. The summed E-state index contributed by atoms with van der Waals surface area (Å²) < 4.78 is 0. The van der Waals surface area contributed by atoms with E-state index in [0.29, 0.717) is 32.0 Å². The quantitative estimate of drug-likeness (QED) is 0.881. The highest BCUT2D eigenvalue weighted by atomic mass is 16.4. The molecule has 120 valence electrons. The summed E-state index contributed by atoms with van der Waals surface area (Å²) in [5, 5.41) is 9.25. The molecule has 1 aliphatic heterocycles. The highest BCUT2D eigenvalue weighted by Gasteiger charge is 2.30. The van der Waals surface area contributed by atoms with E-state index < -0.39 is 5.97 Å². The minimum absolute atomic E-state index is 0.0819. The minimum atomic E-state index is -1.05. The van der Waals surface area contributed by atoms with E-state index in [0.717, 1.165) is 12.8 Å². The summed E-state index contributed by atoms with van der Waals surface area (Å²) >= 11 is 0. The maximum atomic E-state index is 12.5. The van der Waals surface area contributed by atoms with Crippen molar-refractivity contribution in [2.24, 2.45) is 5.92 Å². The lowest BCUT2D eigenvalue weighted by Crippen LogP contribution is -2.45. The third-order valence-corrected chi connectivity index (χ3v) is 4.07. The fraction of sp³-hybridized carbons (Fsp3) is 0.600.